The lowest BCUT2D eigenvalue weighted by Gasteiger charge is -2.09. The second-order valence-corrected chi connectivity index (χ2v) is 3.14. The van der Waals surface area contributed by atoms with Crippen LogP contribution < -0.4 is 5.32 Å². The molecule has 0 aromatic heterocycles. The van der Waals surface area contributed by atoms with Crippen molar-refractivity contribution in [1.82, 2.24) is 10.2 Å². The van der Waals surface area contributed by atoms with Gasteiger partial charge >= 0.3 is 0 Å². The summed E-state index contributed by atoms with van der Waals surface area (Å²) >= 11 is 0. The summed E-state index contributed by atoms with van der Waals surface area (Å²) in [4.78, 5) is 13.4. The van der Waals surface area contributed by atoms with Crippen molar-refractivity contribution < 1.29 is 4.79 Å². The lowest BCUT2D eigenvalue weighted by molar-refractivity contribution is -0.124. The molecule has 1 unspecified atom stereocenters. The molecule has 0 spiro atoms. The van der Waals surface area contributed by atoms with Crippen molar-refractivity contribution in [3.05, 3.63) is 0 Å². The standard InChI is InChI=1S/C8H16N2O/c1-3-9-8(11)7-4-5-10(2)6-7/h7H,3-6H2,1-2H3,(H,9,11). The average molecular weight is 156 g/mol. The molecule has 11 heavy (non-hydrogen) atoms. The van der Waals surface area contributed by atoms with E-state index in [9.17, 15) is 4.79 Å². The van der Waals surface area contributed by atoms with E-state index < -0.39 is 0 Å². The van der Waals surface area contributed by atoms with Gasteiger partial charge in [0.25, 0.3) is 0 Å². The second kappa shape index (κ2) is 3.72. The average Bonchev–Trinajstić information content (AvgIpc) is 2.36. The Bertz CT molecular complexity index is 147. The second-order valence-electron chi connectivity index (χ2n) is 3.14. The summed E-state index contributed by atoms with van der Waals surface area (Å²) in [5, 5.41) is 2.84. The van der Waals surface area contributed by atoms with E-state index in [4.69, 9.17) is 0 Å². The molecule has 64 valence electrons. The van der Waals surface area contributed by atoms with Crippen LogP contribution in [0.25, 0.3) is 0 Å². The fourth-order valence-corrected chi connectivity index (χ4v) is 1.47. The molecule has 1 aliphatic heterocycles. The molecule has 1 N–H and O–H groups in total. The highest BCUT2D eigenvalue weighted by atomic mass is 16.1. The van der Waals surface area contributed by atoms with Gasteiger partial charge in [0.1, 0.15) is 0 Å². The minimum Gasteiger partial charge on any atom is -0.356 e. The smallest absolute Gasteiger partial charge is 0.224 e. The molecule has 1 atom stereocenters. The summed E-state index contributed by atoms with van der Waals surface area (Å²) in [6.45, 7) is 4.68. The van der Waals surface area contributed by atoms with Crippen molar-refractivity contribution in [2.75, 3.05) is 26.7 Å². The molecule has 1 aliphatic rings. The molecule has 0 aromatic carbocycles. The molecule has 1 rings (SSSR count). The molecule has 0 saturated carbocycles. The first kappa shape index (κ1) is 8.53. The van der Waals surface area contributed by atoms with Crippen molar-refractivity contribution in [2.24, 2.45) is 5.92 Å². The molecule has 0 aromatic rings. The van der Waals surface area contributed by atoms with Crippen molar-refractivity contribution in [3.63, 3.8) is 0 Å². The van der Waals surface area contributed by atoms with Gasteiger partial charge in [0, 0.05) is 13.1 Å². The maximum atomic E-state index is 11.3. The molecule has 0 aliphatic carbocycles. The summed E-state index contributed by atoms with van der Waals surface area (Å²) in [6.07, 6.45) is 1.02. The van der Waals surface area contributed by atoms with Crippen molar-refractivity contribution >= 4 is 5.91 Å². The number of carbonyl (C=O) groups excluding carboxylic acids is 1. The minimum absolute atomic E-state index is 0.219. The fraction of sp³-hybridized carbons (Fsp3) is 0.875. The number of carbonyl (C=O) groups is 1. The van der Waals surface area contributed by atoms with E-state index in [2.05, 4.69) is 17.3 Å². The number of nitrogens with zero attached hydrogens (tertiary/aromatic N) is 1. The third-order valence-corrected chi connectivity index (χ3v) is 2.11. The van der Waals surface area contributed by atoms with Crippen LogP contribution in [-0.4, -0.2) is 37.5 Å². The number of hydrogen-bond acceptors (Lipinski definition) is 2. The highest BCUT2D eigenvalue weighted by Gasteiger charge is 2.25. The van der Waals surface area contributed by atoms with Crippen molar-refractivity contribution in [3.8, 4) is 0 Å². The number of amides is 1. The molecule has 1 amide bonds. The third kappa shape index (κ3) is 2.19. The zero-order valence-corrected chi connectivity index (χ0v) is 7.26. The Labute approximate surface area is 67.8 Å². The van der Waals surface area contributed by atoms with Crippen LogP contribution in [-0.2, 0) is 4.79 Å². The van der Waals surface area contributed by atoms with Crippen LogP contribution in [0.1, 0.15) is 13.3 Å². The normalized spacial score (nSPS) is 25.5. The maximum absolute atomic E-state index is 11.3. The van der Waals surface area contributed by atoms with E-state index >= 15 is 0 Å². The summed E-state index contributed by atoms with van der Waals surface area (Å²) in [5.41, 5.74) is 0. The van der Waals surface area contributed by atoms with Crippen LogP contribution in [0.4, 0.5) is 0 Å². The first-order valence-electron chi connectivity index (χ1n) is 4.20. The van der Waals surface area contributed by atoms with Crippen molar-refractivity contribution in [2.45, 2.75) is 13.3 Å². The summed E-state index contributed by atoms with van der Waals surface area (Å²) in [7, 11) is 2.05. The SMILES string of the molecule is CCNC(=O)C1CCN(C)C1. The van der Waals surface area contributed by atoms with Crippen LogP contribution in [0.3, 0.4) is 0 Å². The molecule has 1 heterocycles. The lowest BCUT2D eigenvalue weighted by Crippen LogP contribution is -2.31. The van der Waals surface area contributed by atoms with E-state index in [-0.39, 0.29) is 11.8 Å². The van der Waals surface area contributed by atoms with Crippen LogP contribution in [0.2, 0.25) is 0 Å². The van der Waals surface area contributed by atoms with Gasteiger partial charge in [-0.25, -0.2) is 0 Å². The summed E-state index contributed by atoms with van der Waals surface area (Å²) in [5.74, 6) is 0.455. The van der Waals surface area contributed by atoms with E-state index in [0.717, 1.165) is 26.1 Å². The molecule has 1 fully saturated rings. The molecule has 0 bridgehead atoms. The number of likely N-dealkylation sites (tertiary alicyclic amines) is 1. The highest BCUT2D eigenvalue weighted by Crippen LogP contribution is 2.13. The van der Waals surface area contributed by atoms with Gasteiger partial charge in [-0.2, -0.15) is 0 Å². The third-order valence-electron chi connectivity index (χ3n) is 2.11. The Hall–Kier alpha value is -0.570. The van der Waals surface area contributed by atoms with E-state index in [1.807, 2.05) is 6.92 Å². The van der Waals surface area contributed by atoms with Gasteiger partial charge in [-0.05, 0) is 26.9 Å². The van der Waals surface area contributed by atoms with E-state index in [1.54, 1.807) is 0 Å². The monoisotopic (exact) mass is 156 g/mol. The van der Waals surface area contributed by atoms with Gasteiger partial charge in [-0.3, -0.25) is 4.79 Å². The van der Waals surface area contributed by atoms with Crippen LogP contribution in [0.15, 0.2) is 0 Å². The van der Waals surface area contributed by atoms with E-state index in [0.29, 0.717) is 0 Å². The minimum atomic E-state index is 0.219. The Balaban J connectivity index is 2.31. The zero-order valence-electron chi connectivity index (χ0n) is 7.26. The Morgan fingerprint density at radius 1 is 1.73 bits per heavy atom. The van der Waals surface area contributed by atoms with Gasteiger partial charge in [-0.15, -0.1) is 0 Å². The van der Waals surface area contributed by atoms with Gasteiger partial charge in [-0.1, -0.05) is 0 Å². The number of hydrogen-bond donors (Lipinski definition) is 1. The topological polar surface area (TPSA) is 32.3 Å². The van der Waals surface area contributed by atoms with Crippen molar-refractivity contribution in [1.29, 1.82) is 0 Å². The predicted octanol–water partition coefficient (Wildman–Crippen LogP) is 0.0742. The fourth-order valence-electron chi connectivity index (χ4n) is 1.47. The quantitative estimate of drug-likeness (QED) is 0.614. The first-order valence-corrected chi connectivity index (χ1v) is 4.20. The van der Waals surface area contributed by atoms with Gasteiger partial charge < -0.3 is 10.2 Å². The molecule has 3 heteroatoms. The Kier molecular flexibility index (Phi) is 2.88. The molecular formula is C8H16N2O. The largest absolute Gasteiger partial charge is 0.356 e. The number of nitrogens with one attached hydrogen (secondary N) is 1. The zero-order chi connectivity index (χ0) is 8.27. The highest BCUT2D eigenvalue weighted by molar-refractivity contribution is 5.79. The van der Waals surface area contributed by atoms with Crippen LogP contribution >= 0.6 is 0 Å². The summed E-state index contributed by atoms with van der Waals surface area (Å²) in [6, 6.07) is 0. The Morgan fingerprint density at radius 3 is 2.91 bits per heavy atom. The number of rotatable bonds is 2. The van der Waals surface area contributed by atoms with Crippen LogP contribution in [0.5, 0.6) is 0 Å². The first-order chi connectivity index (χ1) is 5.24. The van der Waals surface area contributed by atoms with Gasteiger partial charge in [0.05, 0.1) is 5.92 Å². The molecule has 3 nitrogen and oxygen atoms in total. The Morgan fingerprint density at radius 2 is 2.45 bits per heavy atom. The lowest BCUT2D eigenvalue weighted by atomic mass is 10.1. The van der Waals surface area contributed by atoms with E-state index in [1.165, 1.54) is 0 Å². The van der Waals surface area contributed by atoms with Gasteiger partial charge in [0.2, 0.25) is 5.91 Å². The van der Waals surface area contributed by atoms with Gasteiger partial charge in [0.15, 0.2) is 0 Å². The maximum Gasteiger partial charge on any atom is 0.224 e. The predicted molar refractivity (Wildman–Crippen MR) is 44.3 cm³/mol. The molecule has 0 radical (unpaired) electrons. The molecule has 1 saturated heterocycles. The summed E-state index contributed by atoms with van der Waals surface area (Å²) < 4.78 is 0. The van der Waals surface area contributed by atoms with Crippen LogP contribution in [0, 0.1) is 5.92 Å². The molecular weight excluding hydrogens is 140 g/mol.